The molecule has 152 valence electrons. The summed E-state index contributed by atoms with van der Waals surface area (Å²) in [4.78, 5) is 36.9. The van der Waals surface area contributed by atoms with Gasteiger partial charge in [0.1, 0.15) is 5.69 Å². The van der Waals surface area contributed by atoms with Crippen molar-refractivity contribution in [1.82, 2.24) is 5.32 Å². The van der Waals surface area contributed by atoms with E-state index in [2.05, 4.69) is 5.32 Å². The molecule has 0 atom stereocenters. The first-order chi connectivity index (χ1) is 13.9. The monoisotopic (exact) mass is 417 g/mol. The maximum atomic E-state index is 12.2. The first kappa shape index (κ1) is 20.6. The molecule has 1 saturated heterocycles. The van der Waals surface area contributed by atoms with E-state index in [4.69, 9.17) is 16.3 Å². The Morgan fingerprint density at radius 2 is 1.83 bits per heavy atom. The lowest BCUT2D eigenvalue weighted by atomic mass is 10.1. The van der Waals surface area contributed by atoms with Crippen LogP contribution in [0.5, 0.6) is 0 Å². The summed E-state index contributed by atoms with van der Waals surface area (Å²) in [5.41, 5.74) is 1.23. The molecule has 0 aromatic heterocycles. The van der Waals surface area contributed by atoms with Gasteiger partial charge in [-0.2, -0.15) is 0 Å². The van der Waals surface area contributed by atoms with Crippen molar-refractivity contribution in [3.63, 3.8) is 0 Å². The zero-order valence-electron chi connectivity index (χ0n) is 15.6. The number of halogens is 1. The second-order valence-corrected chi connectivity index (χ2v) is 7.07. The number of rotatable bonds is 7. The predicted molar refractivity (Wildman–Crippen MR) is 108 cm³/mol. The lowest BCUT2D eigenvalue weighted by molar-refractivity contribution is -0.384. The Kier molecular flexibility index (Phi) is 6.66. The van der Waals surface area contributed by atoms with E-state index in [0.29, 0.717) is 10.7 Å². The van der Waals surface area contributed by atoms with E-state index in [1.54, 1.807) is 30.3 Å². The fraction of sp³-hybridized carbons (Fsp3) is 0.300. The molecule has 0 bridgehead atoms. The molecule has 29 heavy (non-hydrogen) atoms. The molecule has 1 N–H and O–H groups in total. The second kappa shape index (κ2) is 9.38. The molecular formula is C20H20ClN3O5. The molecular weight excluding hydrogens is 398 g/mol. The number of carbonyl (C=O) groups excluding carboxylic acids is 2. The number of nitrogens with one attached hydrogen (secondary N) is 1. The minimum Gasteiger partial charge on any atom is -0.452 e. The number of amides is 1. The quantitative estimate of drug-likeness (QED) is 0.421. The van der Waals surface area contributed by atoms with Gasteiger partial charge in [0.05, 0.1) is 10.5 Å². The van der Waals surface area contributed by atoms with Crippen LogP contribution in [0.2, 0.25) is 5.02 Å². The summed E-state index contributed by atoms with van der Waals surface area (Å²) in [5, 5.41) is 14.6. The Morgan fingerprint density at radius 1 is 1.14 bits per heavy atom. The van der Waals surface area contributed by atoms with Crippen LogP contribution in [-0.2, 0) is 16.1 Å². The maximum Gasteiger partial charge on any atom is 0.338 e. The number of hydrogen-bond donors (Lipinski definition) is 1. The molecule has 1 aliphatic rings. The third-order valence-electron chi connectivity index (χ3n) is 4.59. The topological polar surface area (TPSA) is 102 Å². The summed E-state index contributed by atoms with van der Waals surface area (Å²) in [5.74, 6) is -1.26. The third-order valence-corrected chi connectivity index (χ3v) is 4.84. The van der Waals surface area contributed by atoms with Crippen LogP contribution in [-0.4, -0.2) is 36.5 Å². The number of ether oxygens (including phenoxy) is 1. The third kappa shape index (κ3) is 5.45. The summed E-state index contributed by atoms with van der Waals surface area (Å²) in [6, 6.07) is 11.2. The van der Waals surface area contributed by atoms with Gasteiger partial charge in [-0.15, -0.1) is 0 Å². The Morgan fingerprint density at radius 3 is 2.48 bits per heavy atom. The van der Waals surface area contributed by atoms with Crippen molar-refractivity contribution >= 4 is 34.9 Å². The Labute approximate surface area is 172 Å². The molecule has 1 heterocycles. The summed E-state index contributed by atoms with van der Waals surface area (Å²) >= 11 is 5.80. The minimum absolute atomic E-state index is 0.0325. The summed E-state index contributed by atoms with van der Waals surface area (Å²) in [6.45, 7) is 1.29. The van der Waals surface area contributed by atoms with E-state index >= 15 is 0 Å². The van der Waals surface area contributed by atoms with Crippen molar-refractivity contribution in [1.29, 1.82) is 0 Å². The molecule has 0 unspecified atom stereocenters. The summed E-state index contributed by atoms with van der Waals surface area (Å²) in [7, 11) is 0. The van der Waals surface area contributed by atoms with Crippen LogP contribution >= 0.6 is 11.6 Å². The van der Waals surface area contributed by atoms with Crippen LogP contribution in [0, 0.1) is 10.1 Å². The van der Waals surface area contributed by atoms with Gasteiger partial charge in [0.2, 0.25) is 0 Å². The molecule has 8 nitrogen and oxygen atoms in total. The van der Waals surface area contributed by atoms with Gasteiger partial charge < -0.3 is 15.0 Å². The molecule has 0 aliphatic carbocycles. The van der Waals surface area contributed by atoms with E-state index in [1.807, 2.05) is 4.90 Å². The lowest BCUT2D eigenvalue weighted by Crippen LogP contribution is -2.28. The molecule has 0 saturated carbocycles. The van der Waals surface area contributed by atoms with E-state index in [9.17, 15) is 19.7 Å². The normalized spacial score (nSPS) is 13.2. The fourth-order valence-electron chi connectivity index (χ4n) is 3.09. The molecule has 3 rings (SSSR count). The van der Waals surface area contributed by atoms with E-state index < -0.39 is 23.4 Å². The van der Waals surface area contributed by atoms with Crippen LogP contribution < -0.4 is 10.2 Å². The molecule has 2 aromatic rings. The number of nitrogens with zero attached hydrogens (tertiary/aromatic N) is 2. The van der Waals surface area contributed by atoms with Crippen LogP contribution in [0.4, 0.5) is 11.4 Å². The van der Waals surface area contributed by atoms with E-state index in [1.165, 1.54) is 12.1 Å². The number of nitro benzene ring substituents is 1. The van der Waals surface area contributed by atoms with Crippen LogP contribution in [0.15, 0.2) is 42.5 Å². The van der Waals surface area contributed by atoms with Crippen molar-refractivity contribution in [2.75, 3.05) is 24.6 Å². The Hall–Kier alpha value is -3.13. The second-order valence-electron chi connectivity index (χ2n) is 6.63. The van der Waals surface area contributed by atoms with Crippen LogP contribution in [0.1, 0.15) is 28.8 Å². The van der Waals surface area contributed by atoms with Crippen molar-refractivity contribution in [3.8, 4) is 0 Å². The SMILES string of the molecule is O=C(COC(=O)c1ccc(N2CCCC2)c([N+](=O)[O-])c1)NCc1ccc(Cl)cc1. The molecule has 0 radical (unpaired) electrons. The highest BCUT2D eigenvalue weighted by molar-refractivity contribution is 6.30. The molecule has 1 amide bonds. The van der Waals surface area contributed by atoms with Gasteiger partial charge in [-0.25, -0.2) is 4.79 Å². The molecule has 0 spiro atoms. The van der Waals surface area contributed by atoms with Gasteiger partial charge in [-0.05, 0) is 42.7 Å². The largest absolute Gasteiger partial charge is 0.452 e. The van der Waals surface area contributed by atoms with Crippen molar-refractivity contribution in [3.05, 3.63) is 68.7 Å². The first-order valence-corrected chi connectivity index (χ1v) is 9.53. The summed E-state index contributed by atoms with van der Waals surface area (Å²) < 4.78 is 4.99. The van der Waals surface area contributed by atoms with Gasteiger partial charge in [0.15, 0.2) is 6.61 Å². The average molecular weight is 418 g/mol. The van der Waals surface area contributed by atoms with Gasteiger partial charge in [-0.1, -0.05) is 23.7 Å². The molecule has 1 fully saturated rings. The van der Waals surface area contributed by atoms with Gasteiger partial charge in [0, 0.05) is 30.7 Å². The highest BCUT2D eigenvalue weighted by Gasteiger charge is 2.24. The highest BCUT2D eigenvalue weighted by Crippen LogP contribution is 2.31. The average Bonchev–Trinajstić information content (AvgIpc) is 3.25. The minimum atomic E-state index is -0.789. The molecule has 9 heteroatoms. The van der Waals surface area contributed by atoms with Crippen molar-refractivity contribution in [2.24, 2.45) is 0 Å². The Bertz CT molecular complexity index is 911. The maximum absolute atomic E-state index is 12.2. The lowest BCUT2D eigenvalue weighted by Gasteiger charge is -2.17. The highest BCUT2D eigenvalue weighted by atomic mass is 35.5. The number of nitro groups is 1. The van der Waals surface area contributed by atoms with Gasteiger partial charge in [0.25, 0.3) is 11.6 Å². The van der Waals surface area contributed by atoms with Crippen molar-refractivity contribution < 1.29 is 19.2 Å². The van der Waals surface area contributed by atoms with Gasteiger partial charge >= 0.3 is 5.97 Å². The number of hydrogen-bond acceptors (Lipinski definition) is 6. The van der Waals surface area contributed by atoms with E-state index in [0.717, 1.165) is 31.5 Å². The fourth-order valence-corrected chi connectivity index (χ4v) is 3.22. The van der Waals surface area contributed by atoms with Crippen molar-refractivity contribution in [2.45, 2.75) is 19.4 Å². The number of benzene rings is 2. The number of esters is 1. The standard InChI is InChI=1S/C20H20ClN3O5/c21-16-6-3-14(4-7-16)12-22-19(25)13-29-20(26)15-5-8-17(18(11-15)24(27)28)23-9-1-2-10-23/h3-8,11H,1-2,9-10,12-13H2,(H,22,25). The predicted octanol–water partition coefficient (Wildman–Crippen LogP) is 3.32. The number of carbonyl (C=O) groups is 2. The smallest absolute Gasteiger partial charge is 0.338 e. The van der Waals surface area contributed by atoms with Crippen LogP contribution in [0.3, 0.4) is 0 Å². The van der Waals surface area contributed by atoms with E-state index in [-0.39, 0.29) is 17.8 Å². The zero-order valence-corrected chi connectivity index (χ0v) is 16.4. The summed E-state index contributed by atoms with van der Waals surface area (Å²) in [6.07, 6.45) is 1.96. The zero-order chi connectivity index (χ0) is 20.8. The first-order valence-electron chi connectivity index (χ1n) is 9.15. The van der Waals surface area contributed by atoms with Gasteiger partial charge in [-0.3, -0.25) is 14.9 Å². The molecule has 1 aliphatic heterocycles. The van der Waals surface area contributed by atoms with Crippen LogP contribution in [0.25, 0.3) is 0 Å². The number of anilines is 1. The Balaban J connectivity index is 1.57. The molecule has 2 aromatic carbocycles.